The number of methoxy groups -OCH3 is 1. The second kappa shape index (κ2) is 6.98. The van der Waals surface area contributed by atoms with Crippen LogP contribution in [0.5, 0.6) is 11.6 Å². The minimum atomic E-state index is -3.55. The van der Waals surface area contributed by atoms with E-state index in [0.717, 1.165) is 4.31 Å². The van der Waals surface area contributed by atoms with Gasteiger partial charge >= 0.3 is 0 Å². The zero-order chi connectivity index (χ0) is 17.9. The van der Waals surface area contributed by atoms with E-state index in [2.05, 4.69) is 9.97 Å². The van der Waals surface area contributed by atoms with Crippen molar-refractivity contribution in [2.45, 2.75) is 11.8 Å². The third-order valence-electron chi connectivity index (χ3n) is 3.25. The zero-order valence-corrected chi connectivity index (χ0v) is 14.7. The van der Waals surface area contributed by atoms with E-state index in [-0.39, 0.29) is 10.8 Å². The van der Waals surface area contributed by atoms with E-state index in [1.807, 2.05) is 0 Å². The quantitative estimate of drug-likeness (QED) is 0.886. The normalized spacial score (nSPS) is 12.0. The summed E-state index contributed by atoms with van der Waals surface area (Å²) < 4.78 is 30.9. The van der Waals surface area contributed by atoms with Crippen molar-refractivity contribution in [3.05, 3.63) is 41.3 Å². The maximum Gasteiger partial charge on any atom is 0.242 e. The number of hydrogen-bond acceptors (Lipinski definition) is 6. The highest BCUT2D eigenvalue weighted by Gasteiger charge is 2.18. The highest BCUT2D eigenvalue weighted by molar-refractivity contribution is 7.89. The second-order valence-corrected chi connectivity index (χ2v) is 7.40. The summed E-state index contributed by atoms with van der Waals surface area (Å²) in [5, 5.41) is 9.51. The summed E-state index contributed by atoms with van der Waals surface area (Å²) >= 11 is 0. The molecule has 8 heteroatoms. The van der Waals surface area contributed by atoms with E-state index < -0.39 is 10.0 Å². The smallest absolute Gasteiger partial charge is 0.242 e. The molecule has 0 aliphatic rings. The van der Waals surface area contributed by atoms with Crippen molar-refractivity contribution < 1.29 is 18.3 Å². The highest BCUT2D eigenvalue weighted by atomic mass is 32.2. The molecule has 0 amide bonds. The Hall–Kier alpha value is -2.45. The Labute approximate surface area is 141 Å². The third-order valence-corrected chi connectivity index (χ3v) is 5.06. The Bertz CT molecular complexity index is 857. The van der Waals surface area contributed by atoms with Gasteiger partial charge in [0.1, 0.15) is 5.75 Å². The van der Waals surface area contributed by atoms with Crippen LogP contribution < -0.4 is 4.74 Å². The predicted molar refractivity (Wildman–Crippen MR) is 91.2 cm³/mol. The van der Waals surface area contributed by atoms with Crippen LogP contribution in [0.2, 0.25) is 0 Å². The van der Waals surface area contributed by atoms with Crippen molar-refractivity contribution in [3.8, 4) is 11.6 Å². The number of rotatable bonds is 5. The van der Waals surface area contributed by atoms with Gasteiger partial charge in [0.2, 0.25) is 15.9 Å². The summed E-state index contributed by atoms with van der Waals surface area (Å²) in [6, 6.07) is 6.04. The predicted octanol–water partition coefficient (Wildman–Crippen LogP) is 1.92. The van der Waals surface area contributed by atoms with E-state index in [9.17, 15) is 13.5 Å². The molecule has 1 aromatic heterocycles. The third kappa shape index (κ3) is 3.90. The molecule has 0 spiro atoms. The van der Waals surface area contributed by atoms with Gasteiger partial charge in [0.15, 0.2) is 5.82 Å². The number of aromatic hydroxyl groups is 1. The average molecular weight is 349 g/mol. The molecule has 0 unspecified atom stereocenters. The summed E-state index contributed by atoms with van der Waals surface area (Å²) in [6.07, 6.45) is 3.22. The van der Waals surface area contributed by atoms with Gasteiger partial charge in [0.25, 0.3) is 0 Å². The van der Waals surface area contributed by atoms with Gasteiger partial charge in [0.05, 0.1) is 12.0 Å². The number of sulfonamides is 1. The van der Waals surface area contributed by atoms with Crippen LogP contribution >= 0.6 is 0 Å². The molecule has 1 aromatic carbocycles. The Morgan fingerprint density at radius 3 is 2.46 bits per heavy atom. The Morgan fingerprint density at radius 2 is 1.88 bits per heavy atom. The van der Waals surface area contributed by atoms with Crippen LogP contribution in [0.3, 0.4) is 0 Å². The van der Waals surface area contributed by atoms with Crippen molar-refractivity contribution in [1.29, 1.82) is 0 Å². The molecule has 1 heterocycles. The largest absolute Gasteiger partial charge is 0.496 e. The van der Waals surface area contributed by atoms with Crippen molar-refractivity contribution in [1.82, 2.24) is 14.3 Å². The van der Waals surface area contributed by atoms with Gasteiger partial charge in [-0.3, -0.25) is 0 Å². The van der Waals surface area contributed by atoms with E-state index in [0.29, 0.717) is 22.8 Å². The molecule has 0 atom stereocenters. The molecule has 0 bridgehead atoms. The molecule has 1 N–H and O–H groups in total. The van der Waals surface area contributed by atoms with Gasteiger partial charge < -0.3 is 9.84 Å². The fraction of sp³-hybridized carbons (Fsp3) is 0.250. The lowest BCUT2D eigenvalue weighted by atomic mass is 10.2. The van der Waals surface area contributed by atoms with Crippen LogP contribution in [0.4, 0.5) is 0 Å². The van der Waals surface area contributed by atoms with Crippen LogP contribution in [0, 0.1) is 6.92 Å². The van der Waals surface area contributed by atoms with E-state index in [1.165, 1.54) is 39.4 Å². The molecule has 128 valence electrons. The molecule has 2 rings (SSSR count). The van der Waals surface area contributed by atoms with Gasteiger partial charge in [-0.15, -0.1) is 0 Å². The number of aryl methyl sites for hydroxylation is 1. The lowest BCUT2D eigenvalue weighted by molar-refractivity contribution is 0.413. The van der Waals surface area contributed by atoms with Crippen molar-refractivity contribution in [2.24, 2.45) is 0 Å². The maximum absolute atomic E-state index is 12.3. The molecule has 0 fully saturated rings. The molecule has 0 aliphatic carbocycles. The first kappa shape index (κ1) is 17.9. The molecular formula is C16H19N3O4S. The summed E-state index contributed by atoms with van der Waals surface area (Å²) in [6.45, 7) is 1.74. The first-order chi connectivity index (χ1) is 11.2. The van der Waals surface area contributed by atoms with Gasteiger partial charge in [-0.25, -0.2) is 17.7 Å². The summed E-state index contributed by atoms with van der Waals surface area (Å²) in [5.41, 5.74) is 1.18. The topological polar surface area (TPSA) is 92.6 Å². The molecule has 0 radical (unpaired) electrons. The number of hydrogen-bond donors (Lipinski definition) is 1. The van der Waals surface area contributed by atoms with E-state index in [1.54, 1.807) is 25.1 Å². The van der Waals surface area contributed by atoms with Crippen LogP contribution in [0.25, 0.3) is 12.2 Å². The zero-order valence-electron chi connectivity index (χ0n) is 13.9. The molecular weight excluding hydrogens is 330 g/mol. The second-order valence-electron chi connectivity index (χ2n) is 5.25. The molecule has 0 saturated heterocycles. The Balaban J connectivity index is 2.46. The lowest BCUT2D eigenvalue weighted by Gasteiger charge is -2.13. The summed E-state index contributed by atoms with van der Waals surface area (Å²) in [7, 11) is 0.895. The number of aromatic nitrogens is 2. The van der Waals surface area contributed by atoms with E-state index in [4.69, 9.17) is 4.74 Å². The molecule has 7 nitrogen and oxygen atoms in total. The van der Waals surface area contributed by atoms with Gasteiger partial charge in [0, 0.05) is 31.4 Å². The minimum Gasteiger partial charge on any atom is -0.496 e. The fourth-order valence-corrected chi connectivity index (χ4v) is 2.96. The monoisotopic (exact) mass is 349 g/mol. The van der Waals surface area contributed by atoms with Crippen molar-refractivity contribution in [3.63, 3.8) is 0 Å². The molecule has 0 saturated carbocycles. The maximum atomic E-state index is 12.3. The van der Waals surface area contributed by atoms with E-state index >= 15 is 0 Å². The van der Waals surface area contributed by atoms with Crippen LogP contribution in [0.1, 0.15) is 17.1 Å². The first-order valence-corrected chi connectivity index (χ1v) is 8.51. The Kier molecular flexibility index (Phi) is 5.20. The molecule has 2 aromatic rings. The molecule has 24 heavy (non-hydrogen) atoms. The summed E-state index contributed by atoms with van der Waals surface area (Å²) in [4.78, 5) is 8.23. The van der Waals surface area contributed by atoms with Gasteiger partial charge in [-0.05, 0) is 37.3 Å². The van der Waals surface area contributed by atoms with Crippen LogP contribution in [-0.2, 0) is 10.0 Å². The van der Waals surface area contributed by atoms with Crippen molar-refractivity contribution in [2.75, 3.05) is 21.2 Å². The summed E-state index contributed by atoms with van der Waals surface area (Å²) in [5.74, 6) is 0.703. The average Bonchev–Trinajstić information content (AvgIpc) is 2.51. The van der Waals surface area contributed by atoms with Gasteiger partial charge in [-0.2, -0.15) is 4.98 Å². The van der Waals surface area contributed by atoms with Crippen molar-refractivity contribution >= 4 is 22.2 Å². The fourth-order valence-electron chi connectivity index (χ4n) is 2.03. The molecule has 0 aliphatic heterocycles. The first-order valence-electron chi connectivity index (χ1n) is 7.07. The number of nitrogens with zero attached hydrogens (tertiary/aromatic N) is 3. The lowest BCUT2D eigenvalue weighted by Crippen LogP contribution is -2.22. The standard InChI is InChI=1S/C16H19N3O4S/c1-11-9-16(20)18-15(17-11)8-5-12-10-13(6-7-14(12)23-4)24(21,22)19(2)3/h5-10H,1-4H3,(H,17,18,20)/b8-5+. The number of ether oxygens (including phenoxy) is 1. The SMILES string of the molecule is COc1ccc(S(=O)(=O)N(C)C)cc1/C=C/c1nc(C)cc(O)n1. The minimum absolute atomic E-state index is 0.127. The van der Waals surface area contributed by atoms with Crippen LogP contribution in [0.15, 0.2) is 29.2 Å². The Morgan fingerprint density at radius 1 is 1.17 bits per heavy atom. The van der Waals surface area contributed by atoms with Crippen LogP contribution in [-0.4, -0.2) is 49.0 Å². The highest BCUT2D eigenvalue weighted by Crippen LogP contribution is 2.25. The van der Waals surface area contributed by atoms with Gasteiger partial charge in [-0.1, -0.05) is 0 Å². The number of benzene rings is 1.